The second-order valence-corrected chi connectivity index (χ2v) is 3.77. The molecule has 1 N–H and O–H groups in total. The maximum atomic E-state index is 11.3. The van der Waals surface area contributed by atoms with Gasteiger partial charge in [0.05, 0.1) is 19.4 Å². The van der Waals surface area contributed by atoms with E-state index in [9.17, 15) is 9.59 Å². The summed E-state index contributed by atoms with van der Waals surface area (Å²) in [5.41, 5.74) is 0.462. The van der Waals surface area contributed by atoms with Crippen molar-refractivity contribution in [1.29, 1.82) is 0 Å². The number of aliphatic hydroxyl groups excluding tert-OH is 1. The molecule has 0 aromatic heterocycles. The van der Waals surface area contributed by atoms with E-state index < -0.39 is 31.2 Å². The number of hydrogen-bond acceptors (Lipinski definition) is 6. The standard InChI is InChI=1S/C9H11BO6/c1-5-2-7(12)15-10(16-8(13)3-5)9-6(4-11)14-9/h6,9,11H,1-4H2/t6-,9?/m0/s1. The largest absolute Gasteiger partial charge is 0.632 e. The number of rotatable bonds is 2. The van der Waals surface area contributed by atoms with E-state index >= 15 is 0 Å². The van der Waals surface area contributed by atoms with Gasteiger partial charge in [-0.2, -0.15) is 0 Å². The van der Waals surface area contributed by atoms with Crippen LogP contribution in [0.2, 0.25) is 0 Å². The Balaban J connectivity index is 2.00. The van der Waals surface area contributed by atoms with Crippen molar-refractivity contribution in [2.24, 2.45) is 0 Å². The highest BCUT2D eigenvalue weighted by Crippen LogP contribution is 2.27. The van der Waals surface area contributed by atoms with Crippen LogP contribution in [0.5, 0.6) is 0 Å². The van der Waals surface area contributed by atoms with Gasteiger partial charge in [-0.1, -0.05) is 12.2 Å². The number of aliphatic hydroxyl groups is 1. The first kappa shape index (κ1) is 11.2. The second kappa shape index (κ2) is 4.27. The Kier molecular flexibility index (Phi) is 2.98. The third-order valence-corrected chi connectivity index (χ3v) is 2.35. The molecule has 2 fully saturated rings. The highest BCUT2D eigenvalue weighted by molar-refractivity contribution is 6.51. The highest BCUT2D eigenvalue weighted by atomic mass is 16.7. The van der Waals surface area contributed by atoms with Gasteiger partial charge < -0.3 is 19.2 Å². The third-order valence-electron chi connectivity index (χ3n) is 2.35. The SMILES string of the molecule is C=C1CC(=O)OB(C2O[C@H]2CO)OC(=O)C1. The van der Waals surface area contributed by atoms with Crippen molar-refractivity contribution in [3.8, 4) is 0 Å². The van der Waals surface area contributed by atoms with Gasteiger partial charge in [-0.3, -0.25) is 9.59 Å². The van der Waals surface area contributed by atoms with Gasteiger partial charge in [0.2, 0.25) is 0 Å². The minimum Gasteiger partial charge on any atom is -0.497 e. The molecule has 0 aromatic rings. The molecule has 0 bridgehead atoms. The molecule has 86 valence electrons. The lowest BCUT2D eigenvalue weighted by Crippen LogP contribution is -2.38. The van der Waals surface area contributed by atoms with Crippen LogP contribution in [-0.4, -0.2) is 42.9 Å². The van der Waals surface area contributed by atoms with Gasteiger partial charge in [-0.15, -0.1) is 0 Å². The van der Waals surface area contributed by atoms with Crippen LogP contribution in [0, 0.1) is 0 Å². The van der Waals surface area contributed by atoms with Crippen molar-refractivity contribution in [3.63, 3.8) is 0 Å². The van der Waals surface area contributed by atoms with E-state index in [-0.39, 0.29) is 19.4 Å². The first-order valence-electron chi connectivity index (χ1n) is 4.92. The quantitative estimate of drug-likeness (QED) is 0.377. The van der Waals surface area contributed by atoms with Crippen molar-refractivity contribution in [2.45, 2.75) is 24.9 Å². The van der Waals surface area contributed by atoms with Gasteiger partial charge in [0, 0.05) is 0 Å². The number of carbonyl (C=O) groups excluding carboxylic acids is 2. The number of ether oxygens (including phenoxy) is 1. The molecule has 1 unspecified atom stereocenters. The molecule has 0 aliphatic carbocycles. The van der Waals surface area contributed by atoms with E-state index in [2.05, 4.69) is 6.58 Å². The van der Waals surface area contributed by atoms with Crippen molar-refractivity contribution in [3.05, 3.63) is 12.2 Å². The van der Waals surface area contributed by atoms with Crippen molar-refractivity contribution >= 4 is 19.1 Å². The highest BCUT2D eigenvalue weighted by Gasteiger charge is 2.55. The predicted molar refractivity (Wildman–Crippen MR) is 52.1 cm³/mol. The summed E-state index contributed by atoms with van der Waals surface area (Å²) in [5.74, 6) is -1.01. The summed E-state index contributed by atoms with van der Waals surface area (Å²) in [7, 11) is -1.05. The van der Waals surface area contributed by atoms with Crippen molar-refractivity contribution in [2.75, 3.05) is 6.61 Å². The molecule has 2 rings (SSSR count). The van der Waals surface area contributed by atoms with E-state index in [1.54, 1.807) is 0 Å². The Morgan fingerprint density at radius 1 is 1.31 bits per heavy atom. The molecule has 0 saturated carbocycles. The number of epoxide rings is 1. The van der Waals surface area contributed by atoms with Crippen LogP contribution in [0.1, 0.15) is 12.8 Å². The van der Waals surface area contributed by atoms with Crippen LogP contribution < -0.4 is 0 Å². The summed E-state index contributed by atoms with van der Waals surface area (Å²) in [6.07, 6.45) is -0.419. The molecule has 2 aliphatic rings. The van der Waals surface area contributed by atoms with Gasteiger partial charge in [-0.25, -0.2) is 0 Å². The lowest BCUT2D eigenvalue weighted by Gasteiger charge is -2.17. The Morgan fingerprint density at radius 2 is 1.88 bits per heavy atom. The second-order valence-electron chi connectivity index (χ2n) is 3.77. The van der Waals surface area contributed by atoms with E-state index in [4.69, 9.17) is 19.2 Å². The average molecular weight is 226 g/mol. The van der Waals surface area contributed by atoms with Gasteiger partial charge in [0.15, 0.2) is 0 Å². The van der Waals surface area contributed by atoms with Gasteiger partial charge >= 0.3 is 7.12 Å². The monoisotopic (exact) mass is 226 g/mol. The fourth-order valence-electron chi connectivity index (χ4n) is 1.51. The first-order valence-corrected chi connectivity index (χ1v) is 4.92. The summed E-state index contributed by atoms with van der Waals surface area (Å²) in [6, 6.07) is -0.552. The van der Waals surface area contributed by atoms with Crippen LogP contribution in [-0.2, 0) is 23.6 Å². The van der Waals surface area contributed by atoms with Crippen LogP contribution >= 0.6 is 0 Å². The summed E-state index contributed by atoms with van der Waals surface area (Å²) in [5, 5.41) is 8.79. The van der Waals surface area contributed by atoms with E-state index in [1.165, 1.54) is 0 Å². The first-order chi connectivity index (χ1) is 7.60. The number of carbonyl (C=O) groups is 2. The summed E-state index contributed by atoms with van der Waals surface area (Å²) in [6.45, 7) is 3.37. The molecule has 2 atom stereocenters. The Morgan fingerprint density at radius 3 is 2.31 bits per heavy atom. The maximum Gasteiger partial charge on any atom is 0.632 e. The minimum absolute atomic E-state index is 0.00209. The van der Waals surface area contributed by atoms with Crippen LogP contribution in [0.3, 0.4) is 0 Å². The summed E-state index contributed by atoms with van der Waals surface area (Å²) >= 11 is 0. The molecule has 6 nitrogen and oxygen atoms in total. The molecular formula is C9H11BO6. The fraction of sp³-hybridized carbons (Fsp3) is 0.556. The molecule has 0 spiro atoms. The normalized spacial score (nSPS) is 30.3. The molecular weight excluding hydrogens is 215 g/mol. The lowest BCUT2D eigenvalue weighted by molar-refractivity contribution is -0.141. The van der Waals surface area contributed by atoms with Crippen LogP contribution in [0.25, 0.3) is 0 Å². The summed E-state index contributed by atoms with van der Waals surface area (Å²) < 4.78 is 14.8. The zero-order valence-electron chi connectivity index (χ0n) is 8.55. The third kappa shape index (κ3) is 2.42. The topological polar surface area (TPSA) is 85.4 Å². The molecule has 2 aliphatic heterocycles. The zero-order valence-corrected chi connectivity index (χ0v) is 8.55. The van der Waals surface area contributed by atoms with Crippen LogP contribution in [0.4, 0.5) is 0 Å². The Bertz CT molecular complexity index is 319. The molecule has 0 aromatic carbocycles. The van der Waals surface area contributed by atoms with Gasteiger partial charge in [0.25, 0.3) is 11.9 Å². The molecule has 0 amide bonds. The minimum atomic E-state index is -1.05. The van der Waals surface area contributed by atoms with E-state index in [0.29, 0.717) is 5.57 Å². The molecule has 2 heterocycles. The average Bonchev–Trinajstić information content (AvgIpc) is 2.92. The van der Waals surface area contributed by atoms with Crippen LogP contribution in [0.15, 0.2) is 12.2 Å². The Labute approximate surface area is 92.3 Å². The Hall–Kier alpha value is -1.34. The van der Waals surface area contributed by atoms with Gasteiger partial charge in [0.1, 0.15) is 12.1 Å². The fourth-order valence-corrected chi connectivity index (χ4v) is 1.51. The molecule has 2 saturated heterocycles. The predicted octanol–water partition coefficient (Wildman–Crippen LogP) is -0.790. The van der Waals surface area contributed by atoms with E-state index in [1.807, 2.05) is 0 Å². The molecule has 16 heavy (non-hydrogen) atoms. The smallest absolute Gasteiger partial charge is 0.497 e. The molecule has 7 heteroatoms. The maximum absolute atomic E-state index is 11.3. The number of hydrogen-bond donors (Lipinski definition) is 1. The van der Waals surface area contributed by atoms with Crippen molar-refractivity contribution in [1.82, 2.24) is 0 Å². The summed E-state index contributed by atoms with van der Waals surface area (Å²) in [4.78, 5) is 22.6. The zero-order chi connectivity index (χ0) is 11.7. The molecule has 0 radical (unpaired) electrons. The van der Waals surface area contributed by atoms with Gasteiger partial charge in [-0.05, 0) is 0 Å². The van der Waals surface area contributed by atoms with Crippen molar-refractivity contribution < 1.29 is 28.7 Å². The lowest BCUT2D eigenvalue weighted by atomic mass is 9.81. The van der Waals surface area contributed by atoms with E-state index in [0.717, 1.165) is 0 Å².